The van der Waals surface area contributed by atoms with E-state index in [9.17, 15) is 4.79 Å². The first kappa shape index (κ1) is 15.8. The Hall–Kier alpha value is -2.69. The van der Waals surface area contributed by atoms with Crippen LogP contribution in [0.25, 0.3) is 22.0 Å². The van der Waals surface area contributed by atoms with Crippen molar-refractivity contribution >= 4 is 16.8 Å². The van der Waals surface area contributed by atoms with Crippen LogP contribution in [0.3, 0.4) is 0 Å². The van der Waals surface area contributed by atoms with Crippen LogP contribution in [-0.2, 0) is 7.05 Å². The van der Waals surface area contributed by atoms with Crippen LogP contribution in [-0.4, -0.2) is 38.4 Å². The fraction of sp³-hybridized carbons (Fsp3) is 0.350. The zero-order valence-corrected chi connectivity index (χ0v) is 14.6. The second-order valence-corrected chi connectivity index (χ2v) is 6.85. The molecule has 0 saturated heterocycles. The Bertz CT molecular complexity index is 907. The lowest BCUT2D eigenvalue weighted by Gasteiger charge is -2.23. The van der Waals surface area contributed by atoms with Crippen LogP contribution in [0.5, 0.6) is 0 Å². The van der Waals surface area contributed by atoms with Gasteiger partial charge < -0.3 is 9.47 Å². The van der Waals surface area contributed by atoms with Gasteiger partial charge in [0.15, 0.2) is 0 Å². The maximum Gasteiger partial charge on any atom is 0.291 e. The lowest BCUT2D eigenvalue weighted by molar-refractivity contribution is 0.0722. The van der Waals surface area contributed by atoms with E-state index in [1.54, 1.807) is 17.3 Å². The molecule has 0 radical (unpaired) electrons. The fourth-order valence-corrected chi connectivity index (χ4v) is 3.66. The van der Waals surface area contributed by atoms with Gasteiger partial charge in [-0.2, -0.15) is 0 Å². The van der Waals surface area contributed by atoms with Crippen LogP contribution >= 0.6 is 0 Å². The van der Waals surface area contributed by atoms with E-state index in [1.165, 1.54) is 23.7 Å². The number of aromatic nitrogens is 3. The van der Waals surface area contributed by atoms with Gasteiger partial charge in [-0.1, -0.05) is 18.9 Å². The van der Waals surface area contributed by atoms with Crippen LogP contribution in [0.1, 0.15) is 36.3 Å². The summed E-state index contributed by atoms with van der Waals surface area (Å²) in [6.45, 7) is 0. The van der Waals surface area contributed by atoms with Gasteiger partial charge in [0, 0.05) is 55.2 Å². The van der Waals surface area contributed by atoms with Crippen molar-refractivity contribution in [2.75, 3.05) is 7.05 Å². The third-order valence-electron chi connectivity index (χ3n) is 5.25. The van der Waals surface area contributed by atoms with E-state index in [0.29, 0.717) is 6.04 Å². The normalized spacial score (nSPS) is 15.0. The molecule has 4 rings (SSSR count). The summed E-state index contributed by atoms with van der Waals surface area (Å²) in [7, 11) is 3.89. The molecule has 1 aliphatic rings. The van der Waals surface area contributed by atoms with Gasteiger partial charge >= 0.3 is 0 Å². The molecule has 5 nitrogen and oxygen atoms in total. The Balaban J connectivity index is 1.57. The minimum atomic E-state index is -0.0861. The zero-order valence-electron chi connectivity index (χ0n) is 14.6. The largest absolute Gasteiger partial charge is 0.351 e. The molecule has 128 valence electrons. The summed E-state index contributed by atoms with van der Waals surface area (Å²) in [6, 6.07) is 8.70. The smallest absolute Gasteiger partial charge is 0.291 e. The van der Waals surface area contributed by atoms with Crippen LogP contribution in [0.15, 0.2) is 42.9 Å². The lowest BCUT2D eigenvalue weighted by atomic mass is 10.1. The van der Waals surface area contributed by atoms with E-state index in [-0.39, 0.29) is 11.7 Å². The molecule has 0 bridgehead atoms. The number of rotatable bonds is 3. The Kier molecular flexibility index (Phi) is 3.99. The van der Waals surface area contributed by atoms with E-state index >= 15 is 0 Å². The van der Waals surface area contributed by atoms with Crippen molar-refractivity contribution in [3.05, 3.63) is 48.7 Å². The number of carbonyl (C=O) groups excluding carboxylic acids is 1. The van der Waals surface area contributed by atoms with E-state index in [4.69, 9.17) is 0 Å². The van der Waals surface area contributed by atoms with Crippen molar-refractivity contribution in [3.8, 4) is 11.1 Å². The molecule has 5 heteroatoms. The minimum Gasteiger partial charge on any atom is -0.351 e. The average molecular weight is 334 g/mol. The van der Waals surface area contributed by atoms with Gasteiger partial charge in [0.05, 0.1) is 0 Å². The van der Waals surface area contributed by atoms with Gasteiger partial charge in [-0.05, 0) is 36.6 Å². The molecule has 3 aromatic rings. The monoisotopic (exact) mass is 334 g/mol. The van der Waals surface area contributed by atoms with Crippen molar-refractivity contribution in [2.45, 2.75) is 31.7 Å². The topological polar surface area (TPSA) is 51.0 Å². The molecular formula is C20H22N4O. The molecule has 0 atom stereocenters. The van der Waals surface area contributed by atoms with Crippen molar-refractivity contribution in [3.63, 3.8) is 0 Å². The molecule has 0 unspecified atom stereocenters. The van der Waals surface area contributed by atoms with Gasteiger partial charge in [-0.15, -0.1) is 0 Å². The molecule has 1 saturated carbocycles. The van der Waals surface area contributed by atoms with Crippen LogP contribution in [0.4, 0.5) is 0 Å². The summed E-state index contributed by atoms with van der Waals surface area (Å²) in [6.07, 6.45) is 10.1. The third kappa shape index (κ3) is 2.90. The van der Waals surface area contributed by atoms with Gasteiger partial charge in [0.1, 0.15) is 0 Å². The lowest BCUT2D eigenvalue weighted by Crippen LogP contribution is -2.36. The van der Waals surface area contributed by atoms with Gasteiger partial charge in [-0.25, -0.2) is 9.97 Å². The van der Waals surface area contributed by atoms with E-state index in [0.717, 1.165) is 24.0 Å². The summed E-state index contributed by atoms with van der Waals surface area (Å²) in [5, 5.41) is 1.18. The molecule has 2 heterocycles. The summed E-state index contributed by atoms with van der Waals surface area (Å²) in [5.41, 5.74) is 3.17. The van der Waals surface area contributed by atoms with Crippen molar-refractivity contribution in [1.82, 2.24) is 19.4 Å². The zero-order chi connectivity index (χ0) is 17.4. The highest BCUT2D eigenvalue weighted by Gasteiger charge is 2.25. The van der Waals surface area contributed by atoms with Crippen molar-refractivity contribution in [2.24, 2.45) is 7.05 Å². The molecule has 0 aliphatic heterocycles. The summed E-state index contributed by atoms with van der Waals surface area (Å²) in [4.78, 5) is 23.0. The molecule has 2 aromatic heterocycles. The number of nitrogens with zero attached hydrogens (tertiary/aromatic N) is 4. The van der Waals surface area contributed by atoms with Gasteiger partial charge in [0.25, 0.3) is 5.91 Å². The van der Waals surface area contributed by atoms with E-state index in [2.05, 4.69) is 38.8 Å². The Labute approximate surface area is 147 Å². The highest BCUT2D eigenvalue weighted by Crippen LogP contribution is 2.25. The van der Waals surface area contributed by atoms with Gasteiger partial charge in [0.2, 0.25) is 5.82 Å². The number of aryl methyl sites for hydroxylation is 1. The summed E-state index contributed by atoms with van der Waals surface area (Å²) in [5.74, 6) is 0.191. The molecule has 1 aromatic carbocycles. The average Bonchev–Trinajstić information content (AvgIpc) is 3.31. The maximum absolute atomic E-state index is 12.6. The van der Waals surface area contributed by atoms with Crippen molar-refractivity contribution < 1.29 is 4.79 Å². The number of hydrogen-bond donors (Lipinski definition) is 0. The highest BCUT2D eigenvalue weighted by atomic mass is 16.2. The number of fused-ring (bicyclic) bond motifs is 1. The highest BCUT2D eigenvalue weighted by molar-refractivity contribution is 5.91. The molecule has 0 spiro atoms. The van der Waals surface area contributed by atoms with Crippen molar-refractivity contribution in [1.29, 1.82) is 0 Å². The molecule has 0 N–H and O–H groups in total. The Morgan fingerprint density at radius 1 is 1.12 bits per heavy atom. The number of hydrogen-bond acceptors (Lipinski definition) is 3. The van der Waals surface area contributed by atoms with E-state index < -0.39 is 0 Å². The maximum atomic E-state index is 12.6. The molecule has 1 amide bonds. The number of carbonyl (C=O) groups is 1. The molecule has 25 heavy (non-hydrogen) atoms. The SMILES string of the molecule is CN(C(=O)c1ncc(-c2ccc3c(ccn3C)c2)cn1)C1CCCC1. The third-order valence-corrected chi connectivity index (χ3v) is 5.25. The van der Waals surface area contributed by atoms with Crippen LogP contribution in [0.2, 0.25) is 0 Å². The second kappa shape index (κ2) is 6.31. The predicted molar refractivity (Wildman–Crippen MR) is 98.3 cm³/mol. The molecule has 1 fully saturated rings. The van der Waals surface area contributed by atoms with E-state index in [1.807, 2.05) is 20.3 Å². The summed E-state index contributed by atoms with van der Waals surface area (Å²) < 4.78 is 2.09. The first-order chi connectivity index (χ1) is 12.1. The second-order valence-electron chi connectivity index (χ2n) is 6.85. The summed E-state index contributed by atoms with van der Waals surface area (Å²) >= 11 is 0. The number of benzene rings is 1. The van der Waals surface area contributed by atoms with Gasteiger partial charge in [-0.3, -0.25) is 4.79 Å². The van der Waals surface area contributed by atoms with Crippen LogP contribution in [0, 0.1) is 0 Å². The first-order valence-electron chi connectivity index (χ1n) is 8.78. The molecular weight excluding hydrogens is 312 g/mol. The predicted octanol–water partition coefficient (Wildman–Crippen LogP) is 3.65. The minimum absolute atomic E-state index is 0.0861. The van der Waals surface area contributed by atoms with Crippen LogP contribution < -0.4 is 0 Å². The quantitative estimate of drug-likeness (QED) is 0.734. The fourth-order valence-electron chi connectivity index (χ4n) is 3.66. The number of amides is 1. The standard InChI is InChI=1S/C20H22N4O/c1-23-10-9-15-11-14(7-8-18(15)23)16-12-21-19(22-13-16)20(25)24(2)17-5-3-4-6-17/h7-13,17H,3-6H2,1-2H3. The first-order valence-corrected chi connectivity index (χ1v) is 8.78. The Morgan fingerprint density at radius 3 is 2.56 bits per heavy atom. The molecule has 1 aliphatic carbocycles. The Morgan fingerprint density at radius 2 is 1.84 bits per heavy atom.